The number of rotatable bonds is 14. The minimum Gasteiger partial charge on any atom is -0.379 e. The molecule has 1 unspecified atom stereocenters. The predicted molar refractivity (Wildman–Crippen MR) is 104 cm³/mol. The van der Waals surface area contributed by atoms with E-state index in [4.69, 9.17) is 18.9 Å². The van der Waals surface area contributed by atoms with Crippen LogP contribution in [0, 0.1) is 0 Å². The molecule has 0 aromatic rings. The van der Waals surface area contributed by atoms with Crippen molar-refractivity contribution in [2.45, 2.75) is 96.9 Å². The lowest BCUT2D eigenvalue weighted by Crippen LogP contribution is -2.65. The Hall–Kier alpha value is -0.730. The molecule has 0 bridgehead atoms. The zero-order valence-electron chi connectivity index (χ0n) is 17.4. The first-order chi connectivity index (χ1) is 13.0. The Morgan fingerprint density at radius 2 is 1.52 bits per heavy atom. The molecule has 0 aromatic heterocycles. The third-order valence-electron chi connectivity index (χ3n) is 4.58. The Bertz CT molecular complexity index is 395. The van der Waals surface area contributed by atoms with Gasteiger partial charge in [-0.1, -0.05) is 40.0 Å². The molecule has 7 heteroatoms. The van der Waals surface area contributed by atoms with Gasteiger partial charge in [0.2, 0.25) is 5.91 Å². The van der Waals surface area contributed by atoms with E-state index >= 15 is 0 Å². The van der Waals surface area contributed by atoms with Crippen LogP contribution >= 0.6 is 0 Å². The fraction of sp³-hybridized carbons (Fsp3) is 0.950. The lowest BCUT2D eigenvalue weighted by atomic mass is 9.96. The first-order valence-electron chi connectivity index (χ1n) is 10.5. The highest BCUT2D eigenvalue weighted by molar-refractivity contribution is 5.73. The number of hydrogen-bond donors (Lipinski definition) is 2. The molecule has 160 valence electrons. The maximum absolute atomic E-state index is 11.6. The fourth-order valence-corrected chi connectivity index (χ4v) is 3.02. The summed E-state index contributed by atoms with van der Waals surface area (Å²) in [6.45, 7) is 9.81. The summed E-state index contributed by atoms with van der Waals surface area (Å²) in [5, 5.41) is 13.2. The van der Waals surface area contributed by atoms with Crippen molar-refractivity contribution in [1.82, 2.24) is 5.32 Å². The van der Waals surface area contributed by atoms with E-state index in [2.05, 4.69) is 26.1 Å². The van der Waals surface area contributed by atoms with E-state index in [0.717, 1.165) is 38.5 Å². The summed E-state index contributed by atoms with van der Waals surface area (Å²) in [5.74, 6) is -0.239. The van der Waals surface area contributed by atoms with Crippen molar-refractivity contribution >= 4 is 5.91 Å². The largest absolute Gasteiger partial charge is 0.379 e. The van der Waals surface area contributed by atoms with Crippen LogP contribution in [-0.4, -0.2) is 68.1 Å². The maximum atomic E-state index is 11.6. The standard InChI is InChI=1S/C20H39NO6/c1-5-8-11-24-14-16-18(25-12-9-6-2)19(26-13-10-7-3)17(20(23)27-16)21-15(4)22/h16-20,23H,5-14H2,1-4H3,(H,21,22)/t16-,17+,18-,19-,20?/m1/s1. The molecule has 1 saturated heterocycles. The summed E-state index contributed by atoms with van der Waals surface area (Å²) in [7, 11) is 0. The second kappa shape index (κ2) is 14.3. The van der Waals surface area contributed by atoms with E-state index < -0.39 is 30.6 Å². The number of carbonyl (C=O) groups excluding carboxylic acids is 1. The van der Waals surface area contributed by atoms with Crippen molar-refractivity contribution in [2.75, 3.05) is 26.4 Å². The SMILES string of the molecule is CCCCOC[C@H]1OC(O)[C@@H](NC(C)=O)[C@@H](OCCCC)[C@@H]1OCCCC. The third-order valence-corrected chi connectivity index (χ3v) is 4.58. The predicted octanol–water partition coefficient (Wildman–Crippen LogP) is 2.40. The van der Waals surface area contributed by atoms with Gasteiger partial charge in [0.15, 0.2) is 6.29 Å². The van der Waals surface area contributed by atoms with Crippen LogP contribution in [0.4, 0.5) is 0 Å². The van der Waals surface area contributed by atoms with Crippen molar-refractivity contribution in [1.29, 1.82) is 0 Å². The van der Waals surface area contributed by atoms with Gasteiger partial charge in [0.1, 0.15) is 24.4 Å². The average Bonchev–Trinajstić information content (AvgIpc) is 2.63. The van der Waals surface area contributed by atoms with Crippen LogP contribution in [0.5, 0.6) is 0 Å². The molecular weight excluding hydrogens is 350 g/mol. The molecule has 0 spiro atoms. The molecule has 0 aromatic carbocycles. The van der Waals surface area contributed by atoms with Gasteiger partial charge in [0.05, 0.1) is 6.61 Å². The molecule has 0 radical (unpaired) electrons. The van der Waals surface area contributed by atoms with Gasteiger partial charge in [-0.25, -0.2) is 0 Å². The smallest absolute Gasteiger partial charge is 0.217 e. The summed E-state index contributed by atoms with van der Waals surface area (Å²) in [6, 6.07) is -0.669. The van der Waals surface area contributed by atoms with Gasteiger partial charge < -0.3 is 29.4 Å². The fourth-order valence-electron chi connectivity index (χ4n) is 3.02. The molecule has 1 aliphatic heterocycles. The number of hydrogen-bond acceptors (Lipinski definition) is 6. The third kappa shape index (κ3) is 8.87. The number of amides is 1. The van der Waals surface area contributed by atoms with Gasteiger partial charge in [0, 0.05) is 26.7 Å². The highest BCUT2D eigenvalue weighted by Gasteiger charge is 2.47. The molecule has 1 fully saturated rings. The highest BCUT2D eigenvalue weighted by Crippen LogP contribution is 2.26. The van der Waals surface area contributed by atoms with E-state index in [9.17, 15) is 9.90 Å². The molecule has 5 atom stereocenters. The van der Waals surface area contributed by atoms with E-state index in [0.29, 0.717) is 26.4 Å². The summed E-state index contributed by atoms with van der Waals surface area (Å²) in [6.07, 6.45) is 3.38. The first kappa shape index (κ1) is 24.3. The van der Waals surface area contributed by atoms with Crippen molar-refractivity contribution in [3.63, 3.8) is 0 Å². The molecule has 27 heavy (non-hydrogen) atoms. The van der Waals surface area contributed by atoms with Crippen molar-refractivity contribution < 1.29 is 28.8 Å². The maximum Gasteiger partial charge on any atom is 0.217 e. The topological polar surface area (TPSA) is 86.2 Å². The second-order valence-electron chi connectivity index (χ2n) is 7.10. The van der Waals surface area contributed by atoms with E-state index in [1.54, 1.807) is 0 Å². The van der Waals surface area contributed by atoms with Gasteiger partial charge in [0.25, 0.3) is 0 Å². The summed E-state index contributed by atoms with van der Waals surface area (Å²) in [4.78, 5) is 11.6. The van der Waals surface area contributed by atoms with Gasteiger partial charge in [-0.3, -0.25) is 4.79 Å². The Labute approximate surface area is 164 Å². The van der Waals surface area contributed by atoms with Gasteiger partial charge in [-0.05, 0) is 19.3 Å². The molecule has 1 heterocycles. The van der Waals surface area contributed by atoms with Crippen LogP contribution in [0.1, 0.15) is 66.2 Å². The molecule has 1 rings (SSSR count). The number of aliphatic hydroxyl groups is 1. The molecule has 1 amide bonds. The van der Waals surface area contributed by atoms with Crippen molar-refractivity contribution in [3.05, 3.63) is 0 Å². The number of unbranched alkanes of at least 4 members (excludes halogenated alkanes) is 3. The summed E-state index contributed by atoms with van der Waals surface area (Å²) in [5.41, 5.74) is 0. The van der Waals surface area contributed by atoms with Crippen molar-refractivity contribution in [3.8, 4) is 0 Å². The van der Waals surface area contributed by atoms with Crippen LogP contribution in [0.3, 0.4) is 0 Å². The number of carbonyl (C=O) groups is 1. The molecule has 2 N–H and O–H groups in total. The molecular formula is C20H39NO6. The van der Waals surface area contributed by atoms with E-state index in [-0.39, 0.29) is 5.91 Å². The van der Waals surface area contributed by atoms with Crippen LogP contribution in [0.2, 0.25) is 0 Å². The average molecular weight is 390 g/mol. The Morgan fingerprint density at radius 1 is 0.963 bits per heavy atom. The van der Waals surface area contributed by atoms with Gasteiger partial charge in [-0.2, -0.15) is 0 Å². The Kier molecular flexibility index (Phi) is 12.9. The molecule has 7 nitrogen and oxygen atoms in total. The van der Waals surface area contributed by atoms with Crippen LogP contribution in [-0.2, 0) is 23.7 Å². The first-order valence-corrected chi connectivity index (χ1v) is 10.5. The van der Waals surface area contributed by atoms with Crippen LogP contribution in [0.15, 0.2) is 0 Å². The number of nitrogens with one attached hydrogen (secondary N) is 1. The lowest BCUT2D eigenvalue weighted by molar-refractivity contribution is -0.273. The minimum atomic E-state index is -1.16. The molecule has 0 saturated carbocycles. The summed E-state index contributed by atoms with van der Waals surface area (Å²) < 4.78 is 23.7. The number of ether oxygens (including phenoxy) is 4. The van der Waals surface area contributed by atoms with Crippen LogP contribution < -0.4 is 5.32 Å². The lowest BCUT2D eigenvalue weighted by Gasteiger charge is -2.44. The minimum absolute atomic E-state index is 0.239. The highest BCUT2D eigenvalue weighted by atomic mass is 16.7. The van der Waals surface area contributed by atoms with Gasteiger partial charge in [-0.15, -0.1) is 0 Å². The number of aliphatic hydroxyl groups excluding tert-OH is 1. The molecule has 1 aliphatic rings. The molecule has 0 aliphatic carbocycles. The summed E-state index contributed by atoms with van der Waals surface area (Å²) >= 11 is 0. The second-order valence-corrected chi connectivity index (χ2v) is 7.10. The zero-order chi connectivity index (χ0) is 20.1. The van der Waals surface area contributed by atoms with Crippen LogP contribution in [0.25, 0.3) is 0 Å². The monoisotopic (exact) mass is 389 g/mol. The van der Waals surface area contributed by atoms with Crippen molar-refractivity contribution in [2.24, 2.45) is 0 Å². The quantitative estimate of drug-likeness (QED) is 0.444. The van der Waals surface area contributed by atoms with Gasteiger partial charge >= 0.3 is 0 Å². The van der Waals surface area contributed by atoms with E-state index in [1.165, 1.54) is 6.92 Å². The Morgan fingerprint density at radius 3 is 2.07 bits per heavy atom. The zero-order valence-corrected chi connectivity index (χ0v) is 17.4. The van der Waals surface area contributed by atoms with E-state index in [1.807, 2.05) is 0 Å². The normalized spacial score (nSPS) is 28.3. The Balaban J connectivity index is 2.88.